The van der Waals surface area contributed by atoms with E-state index in [9.17, 15) is 9.59 Å². The summed E-state index contributed by atoms with van der Waals surface area (Å²) in [6.45, 7) is 1.66. The number of hydrogen-bond donors (Lipinski definition) is 1. The molecular weight excluding hydrogens is 264 g/mol. The fourth-order valence-corrected chi connectivity index (χ4v) is 1.55. The maximum Gasteiger partial charge on any atom is 0.377 e. The Kier molecular flexibility index (Phi) is 3.47. The fraction of sp³-hybridized carbons (Fsp3) is 0.200. The van der Waals surface area contributed by atoms with Crippen molar-refractivity contribution in [1.29, 1.82) is 0 Å². The second kappa shape index (κ2) is 4.44. The van der Waals surface area contributed by atoms with Gasteiger partial charge in [0.25, 0.3) is 5.78 Å². The monoisotopic (exact) mass is 272 g/mol. The molecule has 0 atom stereocenters. The second-order valence-corrected chi connectivity index (χ2v) is 3.74. The first-order chi connectivity index (χ1) is 6.99. The van der Waals surface area contributed by atoms with Crippen molar-refractivity contribution in [1.82, 2.24) is 0 Å². The number of rotatable bonds is 3. The van der Waals surface area contributed by atoms with E-state index in [-0.39, 0.29) is 11.3 Å². The van der Waals surface area contributed by atoms with Crippen LogP contribution in [0, 0.1) is 6.92 Å². The number of ketones is 1. The highest BCUT2D eigenvalue weighted by molar-refractivity contribution is 9.10. The molecule has 0 fully saturated rings. The summed E-state index contributed by atoms with van der Waals surface area (Å²) in [6, 6.07) is 3.25. The van der Waals surface area contributed by atoms with Crippen LogP contribution in [0.5, 0.6) is 5.75 Å². The number of halogens is 1. The summed E-state index contributed by atoms with van der Waals surface area (Å²) in [5.41, 5.74) is 0.640. The molecule has 80 valence electrons. The van der Waals surface area contributed by atoms with Crippen molar-refractivity contribution in [3.8, 4) is 5.75 Å². The molecule has 1 rings (SSSR count). The van der Waals surface area contributed by atoms with Crippen molar-refractivity contribution in [2.45, 2.75) is 6.92 Å². The van der Waals surface area contributed by atoms with Gasteiger partial charge < -0.3 is 9.84 Å². The highest BCUT2D eigenvalue weighted by Crippen LogP contribution is 2.28. The molecule has 0 aliphatic heterocycles. The molecular formula is C10H9BrO4. The van der Waals surface area contributed by atoms with Gasteiger partial charge in [0.05, 0.1) is 12.7 Å². The van der Waals surface area contributed by atoms with Crippen LogP contribution in [0.2, 0.25) is 0 Å². The van der Waals surface area contributed by atoms with Gasteiger partial charge in [0.2, 0.25) is 0 Å². The second-order valence-electron chi connectivity index (χ2n) is 2.88. The third-order valence-electron chi connectivity index (χ3n) is 2.00. The minimum atomic E-state index is -1.49. The molecule has 0 bridgehead atoms. The number of aliphatic carboxylic acids is 1. The highest BCUT2D eigenvalue weighted by atomic mass is 79.9. The lowest BCUT2D eigenvalue weighted by atomic mass is 10.0. The van der Waals surface area contributed by atoms with E-state index in [2.05, 4.69) is 15.9 Å². The van der Waals surface area contributed by atoms with Gasteiger partial charge in [-0.2, -0.15) is 0 Å². The summed E-state index contributed by atoms with van der Waals surface area (Å²) in [7, 11) is 1.39. The van der Waals surface area contributed by atoms with Gasteiger partial charge in [-0.1, -0.05) is 15.9 Å². The predicted octanol–water partition coefficient (Wildman–Crippen LogP) is 2.03. The van der Waals surface area contributed by atoms with Crippen molar-refractivity contribution < 1.29 is 19.4 Å². The van der Waals surface area contributed by atoms with E-state index in [1.165, 1.54) is 7.11 Å². The zero-order valence-corrected chi connectivity index (χ0v) is 9.79. The molecule has 1 aromatic rings. The number of carboxylic acids is 1. The Morgan fingerprint density at radius 3 is 2.47 bits per heavy atom. The number of carbonyl (C=O) groups is 2. The van der Waals surface area contributed by atoms with Gasteiger partial charge in [0, 0.05) is 4.47 Å². The van der Waals surface area contributed by atoms with Gasteiger partial charge in [-0.25, -0.2) is 4.79 Å². The van der Waals surface area contributed by atoms with Crippen LogP contribution in [0.3, 0.4) is 0 Å². The van der Waals surface area contributed by atoms with Crippen molar-refractivity contribution in [2.75, 3.05) is 7.11 Å². The standard InChI is InChI=1S/C10H9BrO4/c1-5-6(11)3-4-7(15-2)8(5)9(12)10(13)14/h3-4H,1-2H3,(H,13,14). The van der Waals surface area contributed by atoms with E-state index in [1.54, 1.807) is 19.1 Å². The molecule has 1 aromatic carbocycles. The van der Waals surface area contributed by atoms with Crippen molar-refractivity contribution >= 4 is 27.7 Å². The lowest BCUT2D eigenvalue weighted by Gasteiger charge is -2.09. The maximum atomic E-state index is 11.4. The largest absolute Gasteiger partial charge is 0.496 e. The lowest BCUT2D eigenvalue weighted by molar-refractivity contribution is -0.131. The van der Waals surface area contributed by atoms with Crippen molar-refractivity contribution in [2.24, 2.45) is 0 Å². The van der Waals surface area contributed by atoms with E-state index >= 15 is 0 Å². The van der Waals surface area contributed by atoms with Crippen LogP contribution in [0.25, 0.3) is 0 Å². The van der Waals surface area contributed by atoms with E-state index in [1.807, 2.05) is 0 Å². The molecule has 0 aliphatic carbocycles. The molecule has 1 N–H and O–H groups in total. The summed E-state index contributed by atoms with van der Waals surface area (Å²) >= 11 is 3.23. The average Bonchev–Trinajstić information content (AvgIpc) is 2.20. The number of methoxy groups -OCH3 is 1. The van der Waals surface area contributed by atoms with Crippen LogP contribution >= 0.6 is 15.9 Å². The molecule has 0 spiro atoms. The van der Waals surface area contributed by atoms with E-state index < -0.39 is 11.8 Å². The fourth-order valence-electron chi connectivity index (χ4n) is 1.22. The molecule has 15 heavy (non-hydrogen) atoms. The molecule has 0 amide bonds. The van der Waals surface area contributed by atoms with E-state index in [0.717, 1.165) is 0 Å². The maximum absolute atomic E-state index is 11.4. The Morgan fingerprint density at radius 1 is 1.40 bits per heavy atom. The van der Waals surface area contributed by atoms with Gasteiger partial charge in [0.15, 0.2) is 0 Å². The predicted molar refractivity (Wildman–Crippen MR) is 57.4 cm³/mol. The molecule has 0 radical (unpaired) electrons. The van der Waals surface area contributed by atoms with E-state index in [4.69, 9.17) is 9.84 Å². The quantitative estimate of drug-likeness (QED) is 0.676. The number of carboxylic acid groups (broad SMARTS) is 1. The molecule has 0 heterocycles. The van der Waals surface area contributed by atoms with Crippen LogP contribution in [-0.2, 0) is 4.79 Å². The topological polar surface area (TPSA) is 63.6 Å². The van der Waals surface area contributed by atoms with Gasteiger partial charge >= 0.3 is 5.97 Å². The summed E-state index contributed by atoms with van der Waals surface area (Å²) in [5.74, 6) is -2.19. The van der Waals surface area contributed by atoms with Gasteiger partial charge in [-0.3, -0.25) is 4.79 Å². The first-order valence-electron chi connectivity index (χ1n) is 4.09. The lowest BCUT2D eigenvalue weighted by Crippen LogP contribution is -2.15. The van der Waals surface area contributed by atoms with Crippen molar-refractivity contribution in [3.63, 3.8) is 0 Å². The SMILES string of the molecule is COc1ccc(Br)c(C)c1C(=O)C(=O)O. The van der Waals surface area contributed by atoms with Crippen molar-refractivity contribution in [3.05, 3.63) is 27.7 Å². The zero-order chi connectivity index (χ0) is 11.6. The minimum absolute atomic E-state index is 0.0828. The first-order valence-corrected chi connectivity index (χ1v) is 4.89. The van der Waals surface area contributed by atoms with Crippen LogP contribution in [0.1, 0.15) is 15.9 Å². The summed E-state index contributed by atoms with van der Waals surface area (Å²) < 4.78 is 5.62. The number of ether oxygens (including phenoxy) is 1. The minimum Gasteiger partial charge on any atom is -0.496 e. The Bertz CT molecular complexity index is 426. The van der Waals surface area contributed by atoms with Gasteiger partial charge in [-0.15, -0.1) is 0 Å². The van der Waals surface area contributed by atoms with Gasteiger partial charge in [0.1, 0.15) is 5.75 Å². The highest BCUT2D eigenvalue weighted by Gasteiger charge is 2.22. The summed E-state index contributed by atoms with van der Waals surface area (Å²) in [6.07, 6.45) is 0. The normalized spacial score (nSPS) is 9.80. The number of Topliss-reactive ketones (excluding diaryl/α,β-unsaturated/α-hetero) is 1. The Hall–Kier alpha value is -1.36. The molecule has 0 saturated carbocycles. The number of benzene rings is 1. The Labute approximate surface area is 95.0 Å². The summed E-state index contributed by atoms with van der Waals surface area (Å²) in [4.78, 5) is 22.0. The van der Waals surface area contributed by atoms with Crippen LogP contribution in [-0.4, -0.2) is 24.0 Å². The van der Waals surface area contributed by atoms with Crippen LogP contribution < -0.4 is 4.74 Å². The smallest absolute Gasteiger partial charge is 0.377 e. The van der Waals surface area contributed by atoms with E-state index in [0.29, 0.717) is 10.0 Å². The Balaban J connectivity index is 3.42. The third-order valence-corrected chi connectivity index (χ3v) is 2.86. The Morgan fingerprint density at radius 2 is 2.00 bits per heavy atom. The molecule has 0 unspecified atom stereocenters. The number of hydrogen-bond acceptors (Lipinski definition) is 3. The zero-order valence-electron chi connectivity index (χ0n) is 8.20. The third kappa shape index (κ3) is 2.18. The van der Waals surface area contributed by atoms with Gasteiger partial charge in [-0.05, 0) is 24.6 Å². The van der Waals surface area contributed by atoms with Crippen LogP contribution in [0.15, 0.2) is 16.6 Å². The molecule has 0 aromatic heterocycles. The number of carbonyl (C=O) groups excluding carboxylic acids is 1. The average molecular weight is 273 g/mol. The molecule has 4 nitrogen and oxygen atoms in total. The first kappa shape index (κ1) is 11.7. The van der Waals surface area contributed by atoms with Crippen LogP contribution in [0.4, 0.5) is 0 Å². The molecule has 0 aliphatic rings. The summed E-state index contributed by atoms with van der Waals surface area (Å²) in [5, 5.41) is 8.65. The molecule has 5 heteroatoms. The molecule has 0 saturated heterocycles.